The van der Waals surface area contributed by atoms with E-state index in [1.54, 1.807) is 12.1 Å². The third kappa shape index (κ3) is 4.53. The Balaban J connectivity index is 1.37. The lowest BCUT2D eigenvalue weighted by molar-refractivity contribution is -0.384. The van der Waals surface area contributed by atoms with Crippen molar-refractivity contribution in [2.75, 3.05) is 5.75 Å². The predicted molar refractivity (Wildman–Crippen MR) is 117 cm³/mol. The number of nitrogens with zero attached hydrogens (tertiary/aromatic N) is 4. The Hall–Kier alpha value is -3.57. The number of aromatic amines is 1. The third-order valence-corrected chi connectivity index (χ3v) is 6.19. The SMILES string of the molecule is O=C(CSc1nc2ccccc2s1)N/N=C/c1cn[nH]c1-c1cccc([N+](=O)[O-])c1. The minimum Gasteiger partial charge on any atom is -0.277 e. The number of thioether (sulfide) groups is 1. The molecule has 2 N–H and O–H groups in total. The van der Waals surface area contributed by atoms with E-state index in [0.29, 0.717) is 16.8 Å². The Morgan fingerprint density at radius 3 is 3.00 bits per heavy atom. The molecule has 9 nitrogen and oxygen atoms in total. The summed E-state index contributed by atoms with van der Waals surface area (Å²) in [7, 11) is 0. The number of hydrazone groups is 1. The molecule has 0 saturated heterocycles. The van der Waals surface area contributed by atoms with E-state index in [1.807, 2.05) is 24.3 Å². The molecule has 0 bridgehead atoms. The predicted octanol–water partition coefficient (Wildman–Crippen LogP) is 3.84. The molecule has 2 aromatic heterocycles. The van der Waals surface area contributed by atoms with Gasteiger partial charge in [0.05, 0.1) is 39.0 Å². The van der Waals surface area contributed by atoms with Crippen LogP contribution in [0.1, 0.15) is 5.56 Å². The Morgan fingerprint density at radius 1 is 1.30 bits per heavy atom. The van der Waals surface area contributed by atoms with E-state index in [2.05, 4.69) is 25.7 Å². The maximum absolute atomic E-state index is 12.1. The van der Waals surface area contributed by atoms with E-state index in [4.69, 9.17) is 0 Å². The van der Waals surface area contributed by atoms with Crippen molar-refractivity contribution in [1.29, 1.82) is 0 Å². The number of nitro benzene ring substituents is 1. The summed E-state index contributed by atoms with van der Waals surface area (Å²) >= 11 is 2.88. The standard InChI is InChI=1S/C19H14N6O3S2/c26-17(11-29-19-22-15-6-1-2-7-16(15)30-19)23-20-9-13-10-21-24-18(13)12-4-3-5-14(8-12)25(27)28/h1-10H,11H2,(H,21,24)(H,23,26)/b20-9+. The molecule has 150 valence electrons. The van der Waals surface area contributed by atoms with Crippen molar-refractivity contribution in [2.45, 2.75) is 4.34 Å². The highest BCUT2D eigenvalue weighted by molar-refractivity contribution is 8.01. The number of carbonyl (C=O) groups excluding carboxylic acids is 1. The highest BCUT2D eigenvalue weighted by Gasteiger charge is 2.11. The Labute approximate surface area is 178 Å². The van der Waals surface area contributed by atoms with E-state index in [-0.39, 0.29) is 17.3 Å². The first-order valence-electron chi connectivity index (χ1n) is 8.68. The van der Waals surface area contributed by atoms with Gasteiger partial charge in [0.15, 0.2) is 4.34 Å². The minimum atomic E-state index is -0.461. The van der Waals surface area contributed by atoms with Crippen molar-refractivity contribution in [3.63, 3.8) is 0 Å². The fourth-order valence-electron chi connectivity index (χ4n) is 2.65. The number of para-hydroxylation sites is 1. The van der Waals surface area contributed by atoms with Gasteiger partial charge in [-0.15, -0.1) is 11.3 Å². The summed E-state index contributed by atoms with van der Waals surface area (Å²) < 4.78 is 1.89. The van der Waals surface area contributed by atoms with Gasteiger partial charge in [0.2, 0.25) is 0 Å². The molecule has 2 aromatic carbocycles. The van der Waals surface area contributed by atoms with Crippen molar-refractivity contribution in [2.24, 2.45) is 5.10 Å². The van der Waals surface area contributed by atoms with E-state index >= 15 is 0 Å². The van der Waals surface area contributed by atoms with Gasteiger partial charge in [0, 0.05) is 23.3 Å². The van der Waals surface area contributed by atoms with Gasteiger partial charge >= 0.3 is 0 Å². The summed E-state index contributed by atoms with van der Waals surface area (Å²) in [6, 6.07) is 14.0. The number of H-pyrrole nitrogens is 1. The highest BCUT2D eigenvalue weighted by Crippen LogP contribution is 2.29. The number of aromatic nitrogens is 3. The maximum Gasteiger partial charge on any atom is 0.270 e. The molecular formula is C19H14N6O3S2. The molecule has 0 aliphatic carbocycles. The number of non-ortho nitro benzene ring substituents is 1. The molecule has 0 saturated carbocycles. The fraction of sp³-hybridized carbons (Fsp3) is 0.0526. The number of thiazole rings is 1. The number of nitrogens with one attached hydrogen (secondary N) is 2. The Bertz CT molecular complexity index is 1220. The average molecular weight is 438 g/mol. The Morgan fingerprint density at radius 2 is 2.17 bits per heavy atom. The molecule has 2 heterocycles. The van der Waals surface area contributed by atoms with Gasteiger partial charge in [-0.1, -0.05) is 36.0 Å². The van der Waals surface area contributed by atoms with Crippen LogP contribution in [0.5, 0.6) is 0 Å². The fourth-order valence-corrected chi connectivity index (χ4v) is 4.51. The van der Waals surface area contributed by atoms with E-state index < -0.39 is 4.92 Å². The van der Waals surface area contributed by atoms with E-state index in [9.17, 15) is 14.9 Å². The van der Waals surface area contributed by atoms with Crippen molar-refractivity contribution in [3.05, 3.63) is 70.4 Å². The van der Waals surface area contributed by atoms with Crippen LogP contribution in [0, 0.1) is 10.1 Å². The highest BCUT2D eigenvalue weighted by atomic mass is 32.2. The van der Waals surface area contributed by atoms with Gasteiger partial charge in [-0.2, -0.15) is 10.2 Å². The first-order valence-corrected chi connectivity index (χ1v) is 10.5. The number of amides is 1. The number of hydrogen-bond donors (Lipinski definition) is 2. The molecule has 4 rings (SSSR count). The minimum absolute atomic E-state index is 0.0230. The lowest BCUT2D eigenvalue weighted by Gasteiger charge is -2.00. The van der Waals surface area contributed by atoms with Crippen LogP contribution in [0.25, 0.3) is 21.5 Å². The summed E-state index contributed by atoms with van der Waals surface area (Å²) in [5.41, 5.74) is 5.12. The number of nitro groups is 1. The molecule has 30 heavy (non-hydrogen) atoms. The van der Waals surface area contributed by atoms with Gasteiger partial charge in [-0.05, 0) is 12.1 Å². The average Bonchev–Trinajstić information content (AvgIpc) is 3.39. The van der Waals surface area contributed by atoms with Crippen LogP contribution in [-0.4, -0.2) is 38.0 Å². The summed E-state index contributed by atoms with van der Waals surface area (Å²) in [5, 5.41) is 21.7. The zero-order valence-electron chi connectivity index (χ0n) is 15.3. The van der Waals surface area contributed by atoms with Crippen LogP contribution in [-0.2, 0) is 4.79 Å². The zero-order valence-corrected chi connectivity index (χ0v) is 16.9. The van der Waals surface area contributed by atoms with Crippen LogP contribution in [0.3, 0.4) is 0 Å². The molecule has 0 spiro atoms. The normalized spacial score (nSPS) is 11.2. The first-order chi connectivity index (χ1) is 14.6. The smallest absolute Gasteiger partial charge is 0.270 e. The topological polar surface area (TPSA) is 126 Å². The second-order valence-electron chi connectivity index (χ2n) is 6.04. The number of benzene rings is 2. The van der Waals surface area contributed by atoms with Gasteiger partial charge in [-0.3, -0.25) is 20.0 Å². The molecular weight excluding hydrogens is 424 g/mol. The van der Waals surface area contributed by atoms with Gasteiger partial charge in [0.1, 0.15) is 0 Å². The van der Waals surface area contributed by atoms with Crippen molar-refractivity contribution < 1.29 is 9.72 Å². The first kappa shape index (κ1) is 19.7. The van der Waals surface area contributed by atoms with Gasteiger partial charge in [-0.25, -0.2) is 10.4 Å². The second-order valence-corrected chi connectivity index (χ2v) is 8.29. The van der Waals surface area contributed by atoms with Crippen LogP contribution in [0.4, 0.5) is 5.69 Å². The summed E-state index contributed by atoms with van der Waals surface area (Å²) in [5.74, 6) is -0.0868. The van der Waals surface area contributed by atoms with E-state index in [0.717, 1.165) is 14.6 Å². The molecule has 11 heteroatoms. The van der Waals surface area contributed by atoms with Crippen LogP contribution >= 0.6 is 23.1 Å². The zero-order chi connectivity index (χ0) is 20.9. The second kappa shape index (κ2) is 8.84. The summed E-state index contributed by atoms with van der Waals surface area (Å²) in [4.78, 5) is 27.0. The largest absolute Gasteiger partial charge is 0.277 e. The lowest BCUT2D eigenvalue weighted by atomic mass is 10.1. The number of fused-ring (bicyclic) bond motifs is 1. The molecule has 0 aliphatic heterocycles. The van der Waals surface area contributed by atoms with Crippen molar-refractivity contribution in [3.8, 4) is 11.3 Å². The van der Waals surface area contributed by atoms with Crippen molar-refractivity contribution >= 4 is 51.1 Å². The van der Waals surface area contributed by atoms with Crippen LogP contribution in [0.15, 0.2) is 64.2 Å². The molecule has 0 unspecified atom stereocenters. The monoisotopic (exact) mass is 438 g/mol. The lowest BCUT2D eigenvalue weighted by Crippen LogP contribution is -2.19. The molecule has 0 atom stereocenters. The molecule has 0 aliphatic rings. The van der Waals surface area contributed by atoms with Crippen molar-refractivity contribution in [1.82, 2.24) is 20.6 Å². The Kier molecular flexibility index (Phi) is 5.82. The van der Waals surface area contributed by atoms with Gasteiger partial charge < -0.3 is 0 Å². The summed E-state index contributed by atoms with van der Waals surface area (Å²) in [6.07, 6.45) is 2.97. The molecule has 0 radical (unpaired) electrons. The van der Waals surface area contributed by atoms with Crippen LogP contribution in [0.2, 0.25) is 0 Å². The molecule has 1 amide bonds. The van der Waals surface area contributed by atoms with Crippen LogP contribution < -0.4 is 5.43 Å². The summed E-state index contributed by atoms with van der Waals surface area (Å²) in [6.45, 7) is 0. The number of rotatable bonds is 7. The third-order valence-electron chi connectivity index (χ3n) is 4.01. The molecule has 4 aromatic rings. The number of carbonyl (C=O) groups is 1. The van der Waals surface area contributed by atoms with E-state index in [1.165, 1.54) is 47.6 Å². The molecule has 0 fully saturated rings. The maximum atomic E-state index is 12.1. The number of hydrogen-bond acceptors (Lipinski definition) is 8. The van der Waals surface area contributed by atoms with Gasteiger partial charge in [0.25, 0.3) is 11.6 Å². The quantitative estimate of drug-likeness (QED) is 0.195.